The SMILES string of the molecule is C=CCN(CC=C)S(=O)(=O)c1cc(CN)sc1C. The third-order valence-electron chi connectivity index (χ3n) is 2.41. The molecular weight excluding hydrogens is 268 g/mol. The highest BCUT2D eigenvalue weighted by Gasteiger charge is 2.25. The van der Waals surface area contributed by atoms with Crippen LogP contribution in [0.2, 0.25) is 0 Å². The Labute approximate surface area is 112 Å². The van der Waals surface area contributed by atoms with Crippen LogP contribution >= 0.6 is 11.3 Å². The number of nitrogens with two attached hydrogens (primary N) is 1. The molecule has 0 aliphatic carbocycles. The first-order chi connectivity index (χ1) is 8.47. The third kappa shape index (κ3) is 3.08. The van der Waals surface area contributed by atoms with Gasteiger partial charge in [-0.25, -0.2) is 8.42 Å². The Hall–Kier alpha value is -0.950. The summed E-state index contributed by atoms with van der Waals surface area (Å²) < 4.78 is 26.3. The molecule has 0 radical (unpaired) electrons. The fourth-order valence-corrected chi connectivity index (χ4v) is 4.44. The second kappa shape index (κ2) is 6.29. The van der Waals surface area contributed by atoms with Crippen molar-refractivity contribution in [2.75, 3.05) is 13.1 Å². The molecule has 1 aromatic rings. The number of hydrogen-bond donors (Lipinski definition) is 1. The van der Waals surface area contributed by atoms with Crippen molar-refractivity contribution in [2.24, 2.45) is 5.73 Å². The minimum Gasteiger partial charge on any atom is -0.326 e. The Morgan fingerprint density at radius 1 is 1.39 bits per heavy atom. The molecule has 0 atom stereocenters. The lowest BCUT2D eigenvalue weighted by Crippen LogP contribution is -2.31. The summed E-state index contributed by atoms with van der Waals surface area (Å²) in [6.07, 6.45) is 3.12. The van der Waals surface area contributed by atoms with Gasteiger partial charge >= 0.3 is 0 Å². The molecule has 0 aliphatic heterocycles. The van der Waals surface area contributed by atoms with Gasteiger partial charge in [-0.3, -0.25) is 0 Å². The average Bonchev–Trinajstić information content (AvgIpc) is 2.71. The van der Waals surface area contributed by atoms with E-state index in [1.165, 1.54) is 15.6 Å². The number of nitrogens with zero attached hydrogens (tertiary/aromatic N) is 1. The Bertz CT molecular complexity index is 522. The summed E-state index contributed by atoms with van der Waals surface area (Å²) in [6, 6.07) is 1.65. The molecule has 0 aliphatic rings. The molecule has 18 heavy (non-hydrogen) atoms. The van der Waals surface area contributed by atoms with Gasteiger partial charge in [0.2, 0.25) is 10.0 Å². The predicted octanol–water partition coefficient (Wildman–Crippen LogP) is 1.88. The largest absolute Gasteiger partial charge is 0.326 e. The fraction of sp³-hybridized carbons (Fsp3) is 0.333. The Kier molecular flexibility index (Phi) is 5.28. The number of hydrogen-bond acceptors (Lipinski definition) is 4. The van der Waals surface area contributed by atoms with Crippen molar-refractivity contribution in [1.29, 1.82) is 0 Å². The zero-order valence-electron chi connectivity index (χ0n) is 10.4. The van der Waals surface area contributed by atoms with Crippen LogP contribution in [0.25, 0.3) is 0 Å². The molecule has 0 spiro atoms. The van der Waals surface area contributed by atoms with E-state index >= 15 is 0 Å². The van der Waals surface area contributed by atoms with Gasteiger partial charge in [0.05, 0.1) is 4.90 Å². The van der Waals surface area contributed by atoms with E-state index in [0.717, 1.165) is 9.75 Å². The number of aryl methyl sites for hydroxylation is 1. The van der Waals surface area contributed by atoms with Crippen molar-refractivity contribution < 1.29 is 8.42 Å². The van der Waals surface area contributed by atoms with Crippen molar-refractivity contribution in [3.8, 4) is 0 Å². The molecule has 100 valence electrons. The molecule has 0 aromatic carbocycles. The standard InChI is InChI=1S/C12H18N2O2S2/c1-4-6-14(7-5-2)18(15,16)12-8-11(9-13)17-10(12)3/h4-5,8H,1-2,6-7,9,13H2,3H3. The van der Waals surface area contributed by atoms with Gasteiger partial charge in [0, 0.05) is 29.4 Å². The minimum absolute atomic E-state index is 0.265. The van der Waals surface area contributed by atoms with E-state index in [2.05, 4.69) is 13.2 Å². The predicted molar refractivity (Wildman–Crippen MR) is 76.1 cm³/mol. The Morgan fingerprint density at radius 3 is 2.33 bits per heavy atom. The van der Waals surface area contributed by atoms with E-state index in [4.69, 9.17) is 5.73 Å². The fourth-order valence-electron chi connectivity index (χ4n) is 1.58. The highest BCUT2D eigenvalue weighted by Crippen LogP contribution is 2.27. The molecule has 0 saturated carbocycles. The molecule has 4 nitrogen and oxygen atoms in total. The quantitative estimate of drug-likeness (QED) is 0.778. The van der Waals surface area contributed by atoms with Crippen molar-refractivity contribution >= 4 is 21.4 Å². The van der Waals surface area contributed by atoms with Crippen LogP contribution in [0.4, 0.5) is 0 Å². The lowest BCUT2D eigenvalue weighted by molar-refractivity contribution is 0.474. The molecule has 0 unspecified atom stereocenters. The first-order valence-electron chi connectivity index (χ1n) is 5.48. The second-order valence-corrected chi connectivity index (χ2v) is 6.98. The van der Waals surface area contributed by atoms with Crippen LogP contribution in [0.3, 0.4) is 0 Å². The third-order valence-corrected chi connectivity index (χ3v) is 5.57. The van der Waals surface area contributed by atoms with E-state index in [-0.39, 0.29) is 13.1 Å². The summed E-state index contributed by atoms with van der Waals surface area (Å²) in [7, 11) is -3.50. The zero-order chi connectivity index (χ0) is 13.8. The molecule has 6 heteroatoms. The van der Waals surface area contributed by atoms with Gasteiger partial charge in [0.15, 0.2) is 0 Å². The van der Waals surface area contributed by atoms with Crippen LogP contribution in [-0.2, 0) is 16.6 Å². The lowest BCUT2D eigenvalue weighted by Gasteiger charge is -2.18. The van der Waals surface area contributed by atoms with E-state index in [1.54, 1.807) is 25.1 Å². The molecule has 0 saturated heterocycles. The van der Waals surface area contributed by atoms with E-state index in [9.17, 15) is 8.42 Å². The van der Waals surface area contributed by atoms with Crippen LogP contribution in [0, 0.1) is 6.92 Å². The smallest absolute Gasteiger partial charge is 0.244 e. The molecule has 2 N–H and O–H groups in total. The summed E-state index contributed by atoms with van der Waals surface area (Å²) >= 11 is 1.41. The Morgan fingerprint density at radius 2 is 1.94 bits per heavy atom. The highest BCUT2D eigenvalue weighted by molar-refractivity contribution is 7.89. The normalized spacial score (nSPS) is 11.7. The Balaban J connectivity index is 3.20. The summed E-state index contributed by atoms with van der Waals surface area (Å²) in [5, 5.41) is 0. The number of thiophene rings is 1. The maximum absolute atomic E-state index is 12.5. The van der Waals surface area contributed by atoms with Crippen LogP contribution < -0.4 is 5.73 Å². The molecule has 1 heterocycles. The van der Waals surface area contributed by atoms with Gasteiger partial charge in [-0.05, 0) is 13.0 Å². The first kappa shape index (κ1) is 15.1. The van der Waals surface area contributed by atoms with Gasteiger partial charge in [-0.1, -0.05) is 12.2 Å². The maximum Gasteiger partial charge on any atom is 0.244 e. The van der Waals surface area contributed by atoms with E-state index in [1.807, 2.05) is 0 Å². The van der Waals surface area contributed by atoms with E-state index in [0.29, 0.717) is 11.4 Å². The molecule has 0 fully saturated rings. The van der Waals surface area contributed by atoms with Crippen LogP contribution in [0.1, 0.15) is 9.75 Å². The number of rotatable bonds is 7. The van der Waals surface area contributed by atoms with Crippen LogP contribution in [0.5, 0.6) is 0 Å². The van der Waals surface area contributed by atoms with E-state index < -0.39 is 10.0 Å². The summed E-state index contributed by atoms with van der Waals surface area (Å²) in [6.45, 7) is 9.82. The molecule has 0 bridgehead atoms. The monoisotopic (exact) mass is 286 g/mol. The van der Waals surface area contributed by atoms with Gasteiger partial charge in [-0.15, -0.1) is 24.5 Å². The second-order valence-electron chi connectivity index (χ2n) is 3.74. The van der Waals surface area contributed by atoms with Gasteiger partial charge in [0.1, 0.15) is 0 Å². The van der Waals surface area contributed by atoms with Crippen molar-refractivity contribution in [3.05, 3.63) is 41.1 Å². The van der Waals surface area contributed by atoms with Crippen molar-refractivity contribution in [1.82, 2.24) is 4.31 Å². The lowest BCUT2D eigenvalue weighted by atomic mass is 10.4. The molecule has 0 amide bonds. The van der Waals surface area contributed by atoms with Crippen LogP contribution in [0.15, 0.2) is 36.3 Å². The van der Waals surface area contributed by atoms with Crippen molar-refractivity contribution in [3.63, 3.8) is 0 Å². The van der Waals surface area contributed by atoms with Crippen molar-refractivity contribution in [2.45, 2.75) is 18.4 Å². The molecule has 1 rings (SSSR count). The van der Waals surface area contributed by atoms with Gasteiger partial charge in [0.25, 0.3) is 0 Å². The maximum atomic E-state index is 12.5. The topological polar surface area (TPSA) is 63.4 Å². The molecule has 1 aromatic heterocycles. The minimum atomic E-state index is -3.50. The molecular formula is C12H18N2O2S2. The zero-order valence-corrected chi connectivity index (χ0v) is 12.1. The average molecular weight is 286 g/mol. The first-order valence-corrected chi connectivity index (χ1v) is 7.74. The van der Waals surface area contributed by atoms with Crippen LogP contribution in [-0.4, -0.2) is 25.8 Å². The summed E-state index contributed by atoms with van der Waals surface area (Å²) in [5.74, 6) is 0. The summed E-state index contributed by atoms with van der Waals surface area (Å²) in [5.41, 5.74) is 5.54. The van der Waals surface area contributed by atoms with Gasteiger partial charge in [-0.2, -0.15) is 4.31 Å². The van der Waals surface area contributed by atoms with Gasteiger partial charge < -0.3 is 5.73 Å². The number of sulfonamides is 1. The highest BCUT2D eigenvalue weighted by atomic mass is 32.2. The summed E-state index contributed by atoms with van der Waals surface area (Å²) in [4.78, 5) is 1.95.